The predicted molar refractivity (Wildman–Crippen MR) is 187 cm³/mol. The summed E-state index contributed by atoms with van der Waals surface area (Å²) in [4.78, 5) is 13.6. The van der Waals surface area contributed by atoms with E-state index in [1.165, 1.54) is 6.42 Å². The number of aliphatic hydroxyl groups excluding tert-OH is 1. The lowest BCUT2D eigenvalue weighted by molar-refractivity contribution is -0.122. The zero-order valence-electron chi connectivity index (χ0n) is 29.0. The third-order valence-corrected chi connectivity index (χ3v) is 15.5. The van der Waals surface area contributed by atoms with E-state index in [4.69, 9.17) is 5.73 Å². The van der Waals surface area contributed by atoms with Gasteiger partial charge in [-0.3, -0.25) is 4.79 Å². The van der Waals surface area contributed by atoms with Gasteiger partial charge in [-0.2, -0.15) is 4.31 Å². The molecule has 3 fully saturated rings. The highest BCUT2D eigenvalue weighted by molar-refractivity contribution is 7.90. The summed E-state index contributed by atoms with van der Waals surface area (Å²) < 4.78 is 58.7. The number of aliphatic hydroxyl groups is 1. The molecule has 2 unspecified atom stereocenters. The molecule has 1 amide bonds. The van der Waals surface area contributed by atoms with E-state index in [2.05, 4.69) is 22.3 Å². The number of hydrogen-bond acceptors (Lipinski definition) is 8. The van der Waals surface area contributed by atoms with Gasteiger partial charge >= 0.3 is 0 Å². The van der Waals surface area contributed by atoms with Crippen LogP contribution in [0.25, 0.3) is 0 Å². The Kier molecular flexibility index (Phi) is 14.4. The average Bonchev–Trinajstić information content (AvgIpc) is 3.44. The Morgan fingerprint density at radius 3 is 2.30 bits per heavy atom. The van der Waals surface area contributed by atoms with E-state index in [9.17, 15) is 26.7 Å². The van der Waals surface area contributed by atoms with E-state index in [0.29, 0.717) is 95.2 Å². The minimum Gasteiger partial charge on any atom is -0.395 e. The number of unbranched alkanes of at least 4 members (excludes halogenated alkanes) is 1. The maximum Gasteiger partial charge on any atom is 0.238 e. The minimum atomic E-state index is -3.72. The largest absolute Gasteiger partial charge is 0.395 e. The fourth-order valence-corrected chi connectivity index (χ4v) is 12.1. The van der Waals surface area contributed by atoms with E-state index in [-0.39, 0.29) is 24.5 Å². The van der Waals surface area contributed by atoms with Gasteiger partial charge in [0.25, 0.3) is 0 Å². The lowest BCUT2D eigenvalue weighted by atomic mass is 9.80. The number of hydrogen-bond donors (Lipinski definition) is 5. The van der Waals surface area contributed by atoms with Gasteiger partial charge in [0.15, 0.2) is 0 Å². The highest BCUT2D eigenvalue weighted by Gasteiger charge is 2.39. The number of fused-ring (bicyclic) bond motifs is 1. The fourth-order valence-electron chi connectivity index (χ4n) is 8.13. The molecule has 6 N–H and O–H groups in total. The summed E-state index contributed by atoms with van der Waals surface area (Å²) in [5.74, 6) is 0.658. The molecule has 4 rings (SSSR count). The van der Waals surface area contributed by atoms with Crippen molar-refractivity contribution in [3.63, 3.8) is 0 Å². The number of sulfonamides is 2. The molecule has 3 aliphatic carbocycles. The monoisotopic (exact) mass is 701 g/mol. The Morgan fingerprint density at radius 2 is 1.64 bits per heavy atom. The van der Waals surface area contributed by atoms with Crippen LogP contribution in [-0.2, 0) is 24.8 Å². The second-order valence-corrected chi connectivity index (χ2v) is 19.5. The molecule has 0 spiro atoms. The number of nitrogens with zero attached hydrogens (tertiary/aromatic N) is 1. The summed E-state index contributed by atoms with van der Waals surface area (Å²) in [6, 6.07) is -1.03. The van der Waals surface area contributed by atoms with Crippen LogP contribution in [0.4, 0.5) is 0 Å². The number of nitrogens with two attached hydrogens (primary N) is 1. The summed E-state index contributed by atoms with van der Waals surface area (Å²) in [5.41, 5.74) is 7.13. The SMILES string of the molecule is CC(C)CN([C@H](CO)CCCCNC(=O)[C@H](CC1=CNC2CCCCC12)NS(=O)(=O)C1CCC(N)CC1)S(=O)(=O)C1CCC(C)CC1. The number of rotatable bonds is 17. The van der Waals surface area contributed by atoms with Crippen molar-refractivity contribution < 1.29 is 26.7 Å². The maximum absolute atomic E-state index is 13.7. The maximum atomic E-state index is 13.7. The van der Waals surface area contributed by atoms with Gasteiger partial charge in [-0.1, -0.05) is 40.0 Å². The summed E-state index contributed by atoms with van der Waals surface area (Å²) in [6.07, 6.45) is 13.9. The molecule has 0 aromatic heterocycles. The molecule has 0 radical (unpaired) electrons. The van der Waals surface area contributed by atoms with Crippen molar-refractivity contribution in [2.45, 2.75) is 158 Å². The highest BCUT2D eigenvalue weighted by Crippen LogP contribution is 2.36. The van der Waals surface area contributed by atoms with Crippen molar-refractivity contribution >= 4 is 26.0 Å². The second kappa shape index (κ2) is 17.6. The van der Waals surface area contributed by atoms with E-state index >= 15 is 0 Å². The van der Waals surface area contributed by atoms with E-state index in [0.717, 1.165) is 37.7 Å². The van der Waals surface area contributed by atoms with Crippen LogP contribution in [0.3, 0.4) is 0 Å². The molecule has 1 aliphatic heterocycles. The van der Waals surface area contributed by atoms with Gasteiger partial charge in [-0.15, -0.1) is 0 Å². The normalized spacial score (nSPS) is 30.0. The quantitative estimate of drug-likeness (QED) is 0.144. The van der Waals surface area contributed by atoms with Gasteiger partial charge in [-0.25, -0.2) is 21.6 Å². The van der Waals surface area contributed by atoms with Gasteiger partial charge in [-0.05, 0) is 107 Å². The lowest BCUT2D eigenvalue weighted by Crippen LogP contribution is -2.51. The highest BCUT2D eigenvalue weighted by atomic mass is 32.2. The van der Waals surface area contributed by atoms with Crippen LogP contribution in [-0.4, -0.2) is 86.5 Å². The molecule has 3 saturated carbocycles. The number of amides is 1. The molecule has 11 nitrogen and oxygen atoms in total. The molecule has 0 aromatic rings. The van der Waals surface area contributed by atoms with Crippen LogP contribution in [0.15, 0.2) is 11.8 Å². The third-order valence-electron chi connectivity index (χ3n) is 11.1. The molecule has 47 heavy (non-hydrogen) atoms. The van der Waals surface area contributed by atoms with Crippen LogP contribution < -0.4 is 21.1 Å². The van der Waals surface area contributed by atoms with Crippen molar-refractivity contribution in [1.82, 2.24) is 19.7 Å². The van der Waals surface area contributed by atoms with Crippen LogP contribution in [0.2, 0.25) is 0 Å². The number of carbonyl (C=O) groups is 1. The Labute approximate surface area is 284 Å². The summed E-state index contributed by atoms with van der Waals surface area (Å²) >= 11 is 0. The molecular formula is C34H63N5O6S2. The molecule has 13 heteroatoms. The first-order valence-corrected chi connectivity index (χ1v) is 21.5. The summed E-state index contributed by atoms with van der Waals surface area (Å²) in [7, 11) is -7.27. The first-order chi connectivity index (χ1) is 22.3. The third kappa shape index (κ3) is 10.6. The predicted octanol–water partition coefficient (Wildman–Crippen LogP) is 3.49. The number of carbonyl (C=O) groups excluding carboxylic acids is 1. The van der Waals surface area contributed by atoms with Gasteiger partial charge < -0.3 is 21.5 Å². The second-order valence-electron chi connectivity index (χ2n) is 15.4. The van der Waals surface area contributed by atoms with Crippen LogP contribution in [0, 0.1) is 17.8 Å². The van der Waals surface area contributed by atoms with Crippen LogP contribution in [0.1, 0.15) is 124 Å². The Hall–Kier alpha value is -1.25. The molecular weight excluding hydrogens is 639 g/mol. The number of nitrogens with one attached hydrogen (secondary N) is 3. The summed E-state index contributed by atoms with van der Waals surface area (Å²) in [5, 5.41) is 15.8. The van der Waals surface area contributed by atoms with Gasteiger partial charge in [0.2, 0.25) is 26.0 Å². The lowest BCUT2D eigenvalue weighted by Gasteiger charge is -2.36. The van der Waals surface area contributed by atoms with Gasteiger partial charge in [0, 0.05) is 37.1 Å². The average molecular weight is 702 g/mol. The van der Waals surface area contributed by atoms with Crippen molar-refractivity contribution in [2.75, 3.05) is 19.7 Å². The molecule has 1 heterocycles. The molecule has 4 aliphatic rings. The van der Waals surface area contributed by atoms with Crippen molar-refractivity contribution in [1.29, 1.82) is 0 Å². The van der Waals surface area contributed by atoms with Crippen molar-refractivity contribution in [3.8, 4) is 0 Å². The van der Waals surface area contributed by atoms with E-state index in [1.807, 2.05) is 20.0 Å². The standard InChI is InChI=1S/C34H63N5O6S2/c1-24(2)22-39(47(44,45)30-15-11-25(3)12-16-30)28(23-40)8-6-7-19-36-34(41)33(20-26-21-37-32-10-5-4-9-31(26)32)38-46(42,43)29-17-13-27(35)14-18-29/h21,24-25,27-33,37-38,40H,4-20,22-23,35H2,1-3H3,(H,36,41)/t25?,27?,28-,29?,30?,31?,32?,33-/m0/s1. The Bertz CT molecular complexity index is 1240. The minimum absolute atomic E-state index is 0.0255. The molecule has 0 aromatic carbocycles. The van der Waals surface area contributed by atoms with Crippen LogP contribution in [0.5, 0.6) is 0 Å². The van der Waals surface area contributed by atoms with E-state index in [1.54, 1.807) is 4.31 Å². The first kappa shape index (κ1) is 38.6. The molecule has 0 saturated heterocycles. The Balaban J connectivity index is 1.34. The van der Waals surface area contributed by atoms with Crippen LogP contribution >= 0.6 is 0 Å². The van der Waals surface area contributed by atoms with Crippen molar-refractivity contribution in [3.05, 3.63) is 11.8 Å². The smallest absolute Gasteiger partial charge is 0.238 e. The molecule has 272 valence electrons. The first-order valence-electron chi connectivity index (χ1n) is 18.4. The summed E-state index contributed by atoms with van der Waals surface area (Å²) in [6.45, 7) is 6.63. The van der Waals surface area contributed by atoms with E-state index < -0.39 is 42.6 Å². The zero-order valence-corrected chi connectivity index (χ0v) is 30.7. The van der Waals surface area contributed by atoms with Gasteiger partial charge in [0.05, 0.1) is 17.1 Å². The molecule has 0 bridgehead atoms. The Morgan fingerprint density at radius 1 is 0.979 bits per heavy atom. The van der Waals surface area contributed by atoms with Crippen molar-refractivity contribution in [2.24, 2.45) is 23.5 Å². The molecule has 4 atom stereocenters. The van der Waals surface area contributed by atoms with Gasteiger partial charge in [0.1, 0.15) is 6.04 Å². The zero-order chi connectivity index (χ0) is 34.2. The fraction of sp³-hybridized carbons (Fsp3) is 0.912. The topological polar surface area (TPSA) is 171 Å².